The quantitative estimate of drug-likeness (QED) is 0.605. The van der Waals surface area contributed by atoms with Crippen molar-refractivity contribution in [2.75, 3.05) is 26.2 Å². The van der Waals surface area contributed by atoms with Crippen molar-refractivity contribution in [1.82, 2.24) is 4.90 Å². The zero-order valence-electron chi connectivity index (χ0n) is 15.6. The summed E-state index contributed by atoms with van der Waals surface area (Å²) in [5.74, 6) is 2.04. The molecule has 24 heavy (non-hydrogen) atoms. The predicted molar refractivity (Wildman–Crippen MR) is 102 cm³/mol. The molecule has 0 radical (unpaired) electrons. The second kappa shape index (κ2) is 9.46. The van der Waals surface area contributed by atoms with Crippen LogP contribution < -0.4 is 4.74 Å². The summed E-state index contributed by atoms with van der Waals surface area (Å²) in [6, 6.07) is 6.64. The lowest BCUT2D eigenvalue weighted by atomic mass is 9.91. The third-order valence-corrected chi connectivity index (χ3v) is 5.92. The van der Waals surface area contributed by atoms with Crippen LogP contribution >= 0.6 is 0 Å². The van der Waals surface area contributed by atoms with E-state index >= 15 is 0 Å². The highest BCUT2D eigenvalue weighted by Crippen LogP contribution is 2.30. The van der Waals surface area contributed by atoms with E-state index in [1.807, 2.05) is 0 Å². The minimum absolute atomic E-state index is 0.868. The normalized spacial score (nSPS) is 19.2. The van der Waals surface area contributed by atoms with E-state index < -0.39 is 0 Å². The average Bonchev–Trinajstić information content (AvgIpc) is 2.63. The van der Waals surface area contributed by atoms with Gasteiger partial charge in [0.2, 0.25) is 0 Å². The van der Waals surface area contributed by atoms with E-state index in [4.69, 9.17) is 4.74 Å². The summed E-state index contributed by atoms with van der Waals surface area (Å²) in [5.41, 5.74) is 3.02. The van der Waals surface area contributed by atoms with Crippen molar-refractivity contribution in [3.8, 4) is 5.75 Å². The van der Waals surface area contributed by atoms with Crippen LogP contribution in [0.3, 0.4) is 0 Å². The Bertz CT molecular complexity index is 491. The van der Waals surface area contributed by atoms with Crippen LogP contribution in [-0.2, 0) is 12.8 Å². The Morgan fingerprint density at radius 3 is 2.75 bits per heavy atom. The van der Waals surface area contributed by atoms with Crippen molar-refractivity contribution < 1.29 is 4.74 Å². The zero-order valence-corrected chi connectivity index (χ0v) is 15.6. The Morgan fingerprint density at radius 2 is 1.92 bits per heavy atom. The Hall–Kier alpha value is -1.02. The van der Waals surface area contributed by atoms with E-state index in [9.17, 15) is 0 Å². The molecular formula is C22H35NO. The second-order valence-electron chi connectivity index (χ2n) is 7.73. The molecule has 134 valence electrons. The number of nitrogens with zero attached hydrogens (tertiary/aromatic N) is 1. The second-order valence-corrected chi connectivity index (χ2v) is 7.73. The lowest BCUT2D eigenvalue weighted by molar-refractivity contribution is 0.161. The first kappa shape index (κ1) is 17.8. The highest BCUT2D eigenvalue weighted by molar-refractivity contribution is 5.41. The molecule has 1 aliphatic heterocycles. The summed E-state index contributed by atoms with van der Waals surface area (Å²) in [6.07, 6.45) is 13.2. The van der Waals surface area contributed by atoms with E-state index in [1.165, 1.54) is 101 Å². The van der Waals surface area contributed by atoms with Gasteiger partial charge in [0, 0.05) is 0 Å². The van der Waals surface area contributed by atoms with Gasteiger partial charge in [-0.3, -0.25) is 0 Å². The maximum absolute atomic E-state index is 6.20. The highest BCUT2D eigenvalue weighted by atomic mass is 16.5. The van der Waals surface area contributed by atoms with Crippen LogP contribution in [0.5, 0.6) is 5.75 Å². The van der Waals surface area contributed by atoms with Gasteiger partial charge in [0.25, 0.3) is 0 Å². The highest BCUT2D eigenvalue weighted by Gasteiger charge is 2.19. The largest absolute Gasteiger partial charge is 0.493 e. The van der Waals surface area contributed by atoms with Crippen LogP contribution in [0.2, 0.25) is 0 Å². The maximum Gasteiger partial charge on any atom is 0.122 e. The SMILES string of the molecule is CCCCCN1CCC(CCOc2cccc3c2CCCC3)CC1. The standard InChI is InChI=1S/C22H35NO/c1-2-3-6-15-23-16-12-19(13-17-23)14-18-24-22-11-7-9-20-8-4-5-10-21(20)22/h7,9,11,19H,2-6,8,10,12-18H2,1H3. The van der Waals surface area contributed by atoms with E-state index in [0.717, 1.165) is 12.5 Å². The minimum atomic E-state index is 0.868. The molecule has 1 aromatic rings. The van der Waals surface area contributed by atoms with Crippen LogP contribution in [0.4, 0.5) is 0 Å². The third kappa shape index (κ3) is 4.99. The van der Waals surface area contributed by atoms with Gasteiger partial charge < -0.3 is 9.64 Å². The summed E-state index contributed by atoms with van der Waals surface area (Å²) >= 11 is 0. The third-order valence-electron chi connectivity index (χ3n) is 5.92. The van der Waals surface area contributed by atoms with Gasteiger partial charge in [-0.2, -0.15) is 0 Å². The van der Waals surface area contributed by atoms with Crippen molar-refractivity contribution in [3.05, 3.63) is 29.3 Å². The van der Waals surface area contributed by atoms with Gasteiger partial charge >= 0.3 is 0 Å². The van der Waals surface area contributed by atoms with Crippen molar-refractivity contribution in [2.45, 2.75) is 71.1 Å². The van der Waals surface area contributed by atoms with Gasteiger partial charge in [0.1, 0.15) is 5.75 Å². The fraction of sp³-hybridized carbons (Fsp3) is 0.727. The zero-order chi connectivity index (χ0) is 16.6. The van der Waals surface area contributed by atoms with Gasteiger partial charge in [0.05, 0.1) is 6.61 Å². The first-order valence-electron chi connectivity index (χ1n) is 10.3. The van der Waals surface area contributed by atoms with E-state index in [1.54, 1.807) is 0 Å². The Balaban J connectivity index is 1.37. The fourth-order valence-electron chi connectivity index (χ4n) is 4.30. The number of ether oxygens (including phenoxy) is 1. The van der Waals surface area contributed by atoms with Gasteiger partial charge in [-0.25, -0.2) is 0 Å². The number of unbranched alkanes of at least 4 members (excludes halogenated alkanes) is 2. The number of fused-ring (bicyclic) bond motifs is 1. The van der Waals surface area contributed by atoms with E-state index in [0.29, 0.717) is 0 Å². The molecule has 2 nitrogen and oxygen atoms in total. The van der Waals surface area contributed by atoms with E-state index in [2.05, 4.69) is 30.0 Å². The van der Waals surface area contributed by atoms with Gasteiger partial charge in [0.15, 0.2) is 0 Å². The smallest absolute Gasteiger partial charge is 0.122 e. The molecule has 1 aliphatic carbocycles. The minimum Gasteiger partial charge on any atom is -0.493 e. The van der Waals surface area contributed by atoms with Crippen molar-refractivity contribution in [2.24, 2.45) is 5.92 Å². The molecule has 0 aromatic heterocycles. The number of hydrogen-bond donors (Lipinski definition) is 0. The molecular weight excluding hydrogens is 294 g/mol. The first-order valence-corrected chi connectivity index (χ1v) is 10.3. The molecule has 1 aromatic carbocycles. The van der Waals surface area contributed by atoms with Crippen LogP contribution in [-0.4, -0.2) is 31.1 Å². The van der Waals surface area contributed by atoms with Gasteiger partial charge in [-0.15, -0.1) is 0 Å². The number of rotatable bonds is 8. The fourth-order valence-corrected chi connectivity index (χ4v) is 4.30. The number of hydrogen-bond acceptors (Lipinski definition) is 2. The van der Waals surface area contributed by atoms with Crippen molar-refractivity contribution >= 4 is 0 Å². The summed E-state index contributed by atoms with van der Waals surface area (Å²) in [4.78, 5) is 2.67. The molecule has 0 spiro atoms. The van der Waals surface area contributed by atoms with Gasteiger partial charge in [-0.05, 0) is 94.1 Å². The van der Waals surface area contributed by atoms with Crippen LogP contribution in [0.25, 0.3) is 0 Å². The first-order chi connectivity index (χ1) is 11.9. The Morgan fingerprint density at radius 1 is 1.08 bits per heavy atom. The van der Waals surface area contributed by atoms with Crippen molar-refractivity contribution in [1.29, 1.82) is 0 Å². The molecule has 0 N–H and O–H groups in total. The molecule has 1 heterocycles. The monoisotopic (exact) mass is 329 g/mol. The Kier molecular flexibility index (Phi) is 7.01. The van der Waals surface area contributed by atoms with Crippen LogP contribution in [0.15, 0.2) is 18.2 Å². The molecule has 0 unspecified atom stereocenters. The summed E-state index contributed by atoms with van der Waals surface area (Å²) < 4.78 is 6.20. The molecule has 3 rings (SSSR count). The number of piperidine rings is 1. The topological polar surface area (TPSA) is 12.5 Å². The van der Waals surface area contributed by atoms with E-state index in [-0.39, 0.29) is 0 Å². The number of likely N-dealkylation sites (tertiary alicyclic amines) is 1. The average molecular weight is 330 g/mol. The summed E-state index contributed by atoms with van der Waals surface area (Å²) in [7, 11) is 0. The maximum atomic E-state index is 6.20. The molecule has 1 fully saturated rings. The lowest BCUT2D eigenvalue weighted by Crippen LogP contribution is -2.34. The molecule has 0 amide bonds. The van der Waals surface area contributed by atoms with Crippen LogP contribution in [0.1, 0.15) is 69.4 Å². The lowest BCUT2D eigenvalue weighted by Gasteiger charge is -2.32. The molecule has 2 aliphatic rings. The number of benzene rings is 1. The molecule has 0 atom stereocenters. The molecule has 1 saturated heterocycles. The molecule has 0 saturated carbocycles. The van der Waals surface area contributed by atoms with Gasteiger partial charge in [-0.1, -0.05) is 31.9 Å². The molecule has 0 bridgehead atoms. The summed E-state index contributed by atoms with van der Waals surface area (Å²) in [5, 5.41) is 0. The van der Waals surface area contributed by atoms with Crippen LogP contribution in [0, 0.1) is 5.92 Å². The Labute approximate surface area is 148 Å². The van der Waals surface area contributed by atoms with Crippen molar-refractivity contribution in [3.63, 3.8) is 0 Å². The summed E-state index contributed by atoms with van der Waals surface area (Å²) in [6.45, 7) is 7.10. The predicted octanol–water partition coefficient (Wildman–Crippen LogP) is 5.24. The molecule has 2 heteroatoms. The number of aryl methyl sites for hydroxylation is 1.